The topological polar surface area (TPSA) is 68.8 Å². The third-order valence-corrected chi connectivity index (χ3v) is 4.02. The number of anilines is 1. The molecule has 0 radical (unpaired) electrons. The number of amides is 1. The average Bonchev–Trinajstić information content (AvgIpc) is 3.07. The van der Waals surface area contributed by atoms with Crippen molar-refractivity contribution in [3.63, 3.8) is 0 Å². The second-order valence-electron chi connectivity index (χ2n) is 5.98. The molecule has 0 saturated heterocycles. The van der Waals surface area contributed by atoms with E-state index in [4.69, 9.17) is 14.2 Å². The molecular formula is C19H22N2O4. The molecule has 0 aliphatic carbocycles. The fraction of sp³-hybridized carbons (Fsp3) is 0.316. The lowest BCUT2D eigenvalue weighted by Crippen LogP contribution is -2.37. The van der Waals surface area contributed by atoms with Gasteiger partial charge in [0.15, 0.2) is 11.5 Å². The molecule has 0 spiro atoms. The first-order valence-electron chi connectivity index (χ1n) is 8.14. The maximum atomic E-state index is 12.4. The molecule has 0 aromatic heterocycles. The first-order valence-corrected chi connectivity index (χ1v) is 8.14. The Balaban J connectivity index is 1.59. The van der Waals surface area contributed by atoms with Crippen molar-refractivity contribution in [3.05, 3.63) is 47.5 Å². The smallest absolute Gasteiger partial charge is 0.242 e. The zero-order valence-electron chi connectivity index (χ0n) is 14.6. The molecule has 0 saturated carbocycles. The minimum atomic E-state index is -0.398. The van der Waals surface area contributed by atoms with Crippen molar-refractivity contribution in [2.45, 2.75) is 26.4 Å². The Morgan fingerprint density at radius 1 is 1.20 bits per heavy atom. The molecule has 0 bridgehead atoms. The number of rotatable bonds is 6. The first kappa shape index (κ1) is 17.0. The van der Waals surface area contributed by atoms with Crippen LogP contribution in [-0.4, -0.2) is 25.9 Å². The zero-order valence-corrected chi connectivity index (χ0v) is 14.6. The first-order chi connectivity index (χ1) is 12.1. The molecule has 1 heterocycles. The van der Waals surface area contributed by atoms with Crippen LogP contribution in [0.25, 0.3) is 0 Å². The number of benzene rings is 2. The Labute approximate surface area is 147 Å². The van der Waals surface area contributed by atoms with Gasteiger partial charge in [-0.15, -0.1) is 0 Å². The second kappa shape index (κ2) is 7.34. The van der Waals surface area contributed by atoms with Crippen LogP contribution in [0.15, 0.2) is 36.4 Å². The number of carbonyl (C=O) groups is 1. The van der Waals surface area contributed by atoms with Gasteiger partial charge in [-0.1, -0.05) is 12.1 Å². The summed E-state index contributed by atoms with van der Waals surface area (Å²) in [7, 11) is 1.61. The van der Waals surface area contributed by atoms with Gasteiger partial charge in [-0.25, -0.2) is 0 Å². The molecule has 2 N–H and O–H groups in total. The Kier molecular flexibility index (Phi) is 4.97. The molecule has 3 rings (SSSR count). The lowest BCUT2D eigenvalue weighted by atomic mass is 10.1. The van der Waals surface area contributed by atoms with Gasteiger partial charge < -0.3 is 24.8 Å². The summed E-state index contributed by atoms with van der Waals surface area (Å²) in [5, 5.41) is 6.12. The highest BCUT2D eigenvalue weighted by atomic mass is 16.7. The van der Waals surface area contributed by atoms with Crippen molar-refractivity contribution in [2.75, 3.05) is 19.2 Å². The predicted octanol–water partition coefficient (Wildman–Crippen LogP) is 2.85. The van der Waals surface area contributed by atoms with E-state index in [9.17, 15) is 4.79 Å². The molecule has 1 atom stereocenters. The molecular weight excluding hydrogens is 320 g/mol. The van der Waals surface area contributed by atoms with Gasteiger partial charge in [-0.3, -0.25) is 4.79 Å². The fourth-order valence-electron chi connectivity index (χ4n) is 2.63. The van der Waals surface area contributed by atoms with Crippen molar-refractivity contribution in [2.24, 2.45) is 0 Å². The lowest BCUT2D eigenvalue weighted by molar-refractivity contribution is -0.121. The highest BCUT2D eigenvalue weighted by Crippen LogP contribution is 2.32. The summed E-state index contributed by atoms with van der Waals surface area (Å²) < 4.78 is 16.0. The van der Waals surface area contributed by atoms with Crippen LogP contribution in [-0.2, 0) is 11.3 Å². The molecule has 2 aromatic carbocycles. The standard InChI is InChI=1S/C19H22N2O4/c1-12-4-6-16(23-3)15(8-12)21-13(2)19(22)20-10-14-5-7-17-18(9-14)25-11-24-17/h4-9,13,21H,10-11H2,1-3H3,(H,20,22)/t13-/m0/s1. The number of nitrogens with one attached hydrogen (secondary N) is 2. The summed E-state index contributed by atoms with van der Waals surface area (Å²) in [5.74, 6) is 2.06. The monoisotopic (exact) mass is 342 g/mol. The molecule has 6 nitrogen and oxygen atoms in total. The van der Waals surface area contributed by atoms with Gasteiger partial charge in [0, 0.05) is 6.54 Å². The highest BCUT2D eigenvalue weighted by Gasteiger charge is 2.16. The number of hydrogen-bond acceptors (Lipinski definition) is 5. The van der Waals surface area contributed by atoms with Crippen LogP contribution < -0.4 is 24.8 Å². The lowest BCUT2D eigenvalue weighted by Gasteiger charge is -2.18. The fourth-order valence-corrected chi connectivity index (χ4v) is 2.63. The van der Waals surface area contributed by atoms with E-state index in [1.165, 1.54) is 0 Å². The van der Waals surface area contributed by atoms with Gasteiger partial charge in [0.2, 0.25) is 12.7 Å². The van der Waals surface area contributed by atoms with Gasteiger partial charge >= 0.3 is 0 Å². The van der Waals surface area contributed by atoms with E-state index in [1.54, 1.807) is 7.11 Å². The summed E-state index contributed by atoms with van der Waals surface area (Å²) in [6.45, 7) is 4.47. The molecule has 2 aromatic rings. The van der Waals surface area contributed by atoms with E-state index in [-0.39, 0.29) is 12.7 Å². The third kappa shape index (κ3) is 3.96. The molecule has 1 amide bonds. The Morgan fingerprint density at radius 3 is 2.80 bits per heavy atom. The van der Waals surface area contributed by atoms with E-state index >= 15 is 0 Å². The average molecular weight is 342 g/mol. The second-order valence-corrected chi connectivity index (χ2v) is 5.98. The largest absolute Gasteiger partial charge is 0.495 e. The number of carbonyl (C=O) groups excluding carboxylic acids is 1. The van der Waals surface area contributed by atoms with Crippen LogP contribution in [0.1, 0.15) is 18.1 Å². The van der Waals surface area contributed by atoms with Crippen LogP contribution >= 0.6 is 0 Å². The SMILES string of the molecule is COc1ccc(C)cc1N[C@@H](C)C(=O)NCc1ccc2c(c1)OCO2. The van der Waals surface area contributed by atoms with Gasteiger partial charge in [0.1, 0.15) is 11.8 Å². The number of ether oxygens (including phenoxy) is 3. The Bertz CT molecular complexity index is 776. The van der Waals surface area contributed by atoms with Crippen LogP contribution in [0.3, 0.4) is 0 Å². The summed E-state index contributed by atoms with van der Waals surface area (Å²) in [5.41, 5.74) is 2.85. The van der Waals surface area contributed by atoms with Gasteiger partial charge in [-0.2, -0.15) is 0 Å². The van der Waals surface area contributed by atoms with Crippen molar-refractivity contribution < 1.29 is 19.0 Å². The highest BCUT2D eigenvalue weighted by molar-refractivity contribution is 5.84. The van der Waals surface area contributed by atoms with E-state index in [0.717, 1.165) is 22.6 Å². The number of hydrogen-bond donors (Lipinski definition) is 2. The number of aryl methyl sites for hydroxylation is 1. The zero-order chi connectivity index (χ0) is 17.8. The number of methoxy groups -OCH3 is 1. The molecule has 6 heteroatoms. The summed E-state index contributed by atoms with van der Waals surface area (Å²) >= 11 is 0. The van der Waals surface area contributed by atoms with Crippen molar-refractivity contribution >= 4 is 11.6 Å². The predicted molar refractivity (Wildman–Crippen MR) is 95.2 cm³/mol. The third-order valence-electron chi connectivity index (χ3n) is 4.02. The molecule has 25 heavy (non-hydrogen) atoms. The van der Waals surface area contributed by atoms with Crippen LogP contribution in [0.2, 0.25) is 0 Å². The molecule has 1 aliphatic rings. The molecule has 1 aliphatic heterocycles. The summed E-state index contributed by atoms with van der Waals surface area (Å²) in [6.07, 6.45) is 0. The van der Waals surface area contributed by atoms with Crippen LogP contribution in [0.5, 0.6) is 17.2 Å². The Hall–Kier alpha value is -2.89. The normalized spacial score (nSPS) is 13.2. The maximum Gasteiger partial charge on any atom is 0.242 e. The van der Waals surface area contributed by atoms with E-state index in [0.29, 0.717) is 18.0 Å². The maximum absolute atomic E-state index is 12.4. The Morgan fingerprint density at radius 2 is 2.00 bits per heavy atom. The van der Waals surface area contributed by atoms with Crippen molar-refractivity contribution in [1.82, 2.24) is 5.32 Å². The van der Waals surface area contributed by atoms with Crippen LogP contribution in [0.4, 0.5) is 5.69 Å². The molecule has 0 fully saturated rings. The molecule has 132 valence electrons. The minimum Gasteiger partial charge on any atom is -0.495 e. The minimum absolute atomic E-state index is 0.0961. The molecule has 0 unspecified atom stereocenters. The summed E-state index contributed by atoms with van der Waals surface area (Å²) in [6, 6.07) is 11.1. The van der Waals surface area contributed by atoms with E-state index in [1.807, 2.05) is 50.2 Å². The van der Waals surface area contributed by atoms with Gasteiger partial charge in [0.25, 0.3) is 0 Å². The quantitative estimate of drug-likeness (QED) is 0.845. The van der Waals surface area contributed by atoms with Gasteiger partial charge in [0.05, 0.1) is 12.8 Å². The van der Waals surface area contributed by atoms with Crippen molar-refractivity contribution in [3.8, 4) is 17.2 Å². The summed E-state index contributed by atoms with van der Waals surface area (Å²) in [4.78, 5) is 12.4. The number of fused-ring (bicyclic) bond motifs is 1. The van der Waals surface area contributed by atoms with E-state index in [2.05, 4.69) is 10.6 Å². The van der Waals surface area contributed by atoms with Crippen molar-refractivity contribution in [1.29, 1.82) is 0 Å². The van der Waals surface area contributed by atoms with Gasteiger partial charge in [-0.05, 0) is 49.2 Å². The van der Waals surface area contributed by atoms with E-state index < -0.39 is 6.04 Å². The van der Waals surface area contributed by atoms with Crippen LogP contribution in [0, 0.1) is 6.92 Å².